The molecular weight excluding hydrogens is 408 g/mol. The number of amides is 1. The molecule has 0 saturated heterocycles. The number of rotatable bonds is 6. The van der Waals surface area contributed by atoms with Crippen molar-refractivity contribution in [3.05, 3.63) is 69.4 Å². The topological polar surface area (TPSA) is 121 Å². The number of aromatic nitrogens is 2. The second kappa shape index (κ2) is 8.25. The Hall–Kier alpha value is -3.24. The highest BCUT2D eigenvalue weighted by molar-refractivity contribution is 7.89. The van der Waals surface area contributed by atoms with Crippen LogP contribution in [-0.2, 0) is 21.4 Å². The van der Waals surface area contributed by atoms with Gasteiger partial charge in [0.1, 0.15) is 6.54 Å². The average Bonchev–Trinajstić information content (AvgIpc) is 2.70. The van der Waals surface area contributed by atoms with E-state index in [0.717, 1.165) is 4.57 Å². The van der Waals surface area contributed by atoms with E-state index in [2.05, 4.69) is 10.3 Å². The molecule has 9 nitrogen and oxygen atoms in total. The Morgan fingerprint density at radius 1 is 1.10 bits per heavy atom. The number of anilines is 1. The minimum Gasteiger partial charge on any atom is -0.325 e. The van der Waals surface area contributed by atoms with E-state index in [1.807, 2.05) is 0 Å². The second-order valence-electron chi connectivity index (χ2n) is 7.05. The Balaban J connectivity index is 1.79. The van der Waals surface area contributed by atoms with E-state index in [4.69, 9.17) is 0 Å². The van der Waals surface area contributed by atoms with Crippen LogP contribution in [0.5, 0.6) is 0 Å². The monoisotopic (exact) mass is 430 g/mol. The molecule has 0 aliphatic carbocycles. The van der Waals surface area contributed by atoms with E-state index in [1.54, 1.807) is 38.1 Å². The first-order chi connectivity index (χ1) is 14.1. The van der Waals surface area contributed by atoms with Crippen LogP contribution in [0.3, 0.4) is 0 Å². The van der Waals surface area contributed by atoms with Crippen molar-refractivity contribution in [1.82, 2.24) is 13.9 Å². The summed E-state index contributed by atoms with van der Waals surface area (Å²) in [5.74, 6) is -0.590. The minimum absolute atomic E-state index is 0.0962. The molecule has 3 aromatic rings. The van der Waals surface area contributed by atoms with E-state index in [-0.39, 0.29) is 10.9 Å². The fraction of sp³-hybridized carbons (Fsp3) is 0.250. The quantitative estimate of drug-likeness (QED) is 0.612. The van der Waals surface area contributed by atoms with Gasteiger partial charge in [0.2, 0.25) is 15.9 Å². The molecule has 3 rings (SSSR count). The molecule has 158 valence electrons. The van der Waals surface area contributed by atoms with Crippen molar-refractivity contribution in [3.8, 4) is 0 Å². The van der Waals surface area contributed by atoms with E-state index in [9.17, 15) is 22.8 Å². The van der Waals surface area contributed by atoms with Gasteiger partial charge in [0.25, 0.3) is 5.56 Å². The van der Waals surface area contributed by atoms with Gasteiger partial charge in [-0.25, -0.2) is 13.2 Å². The van der Waals surface area contributed by atoms with Crippen molar-refractivity contribution in [1.29, 1.82) is 0 Å². The van der Waals surface area contributed by atoms with Crippen LogP contribution in [0.1, 0.15) is 13.8 Å². The van der Waals surface area contributed by atoms with Crippen molar-refractivity contribution in [2.45, 2.75) is 31.3 Å². The number of sulfonamides is 1. The maximum Gasteiger partial charge on any atom is 0.329 e. The summed E-state index contributed by atoms with van der Waals surface area (Å²) in [6, 6.07) is 12.0. The lowest BCUT2D eigenvalue weighted by Crippen LogP contribution is -2.38. The number of carbonyl (C=O) groups excluding carboxylic acids is 1. The van der Waals surface area contributed by atoms with Crippen LogP contribution in [0.25, 0.3) is 10.9 Å². The summed E-state index contributed by atoms with van der Waals surface area (Å²) < 4.78 is 27.0. The van der Waals surface area contributed by atoms with E-state index in [1.165, 1.54) is 35.6 Å². The lowest BCUT2D eigenvalue weighted by Gasteiger charge is -2.21. The lowest BCUT2D eigenvalue weighted by atomic mass is 10.2. The summed E-state index contributed by atoms with van der Waals surface area (Å²) in [7, 11) is -2.14. The highest BCUT2D eigenvalue weighted by Gasteiger charge is 2.23. The standard InChI is InChI=1S/C20H22N4O5S/c1-13(2)23(3)30(28,29)15-10-8-14(9-11-15)21-18(25)12-24-19(26)16-6-4-5-7-17(16)22-20(24)27/h4-11,13H,12H2,1-3H3,(H,21,25)(H,22,27). The third kappa shape index (κ3) is 4.19. The number of H-pyrrole nitrogens is 1. The molecule has 10 heteroatoms. The smallest absolute Gasteiger partial charge is 0.325 e. The van der Waals surface area contributed by atoms with Gasteiger partial charge < -0.3 is 10.3 Å². The maximum atomic E-state index is 12.5. The number of para-hydroxylation sites is 1. The SMILES string of the molecule is CC(C)N(C)S(=O)(=O)c1ccc(NC(=O)Cn2c(=O)[nH]c3ccccc3c2=O)cc1. The summed E-state index contributed by atoms with van der Waals surface area (Å²) in [6.45, 7) is 3.06. The minimum atomic E-state index is -3.63. The third-order valence-corrected chi connectivity index (χ3v) is 6.78. The first-order valence-electron chi connectivity index (χ1n) is 9.21. The molecule has 2 N–H and O–H groups in total. The average molecular weight is 430 g/mol. The highest BCUT2D eigenvalue weighted by Crippen LogP contribution is 2.19. The van der Waals surface area contributed by atoms with E-state index < -0.39 is 33.7 Å². The molecule has 0 spiro atoms. The number of benzene rings is 2. The number of nitrogens with zero attached hydrogens (tertiary/aromatic N) is 2. The Labute approximate surface area is 173 Å². The molecule has 0 aliphatic rings. The first kappa shape index (κ1) is 21.5. The molecule has 1 aromatic heterocycles. The Kier molecular flexibility index (Phi) is 5.90. The van der Waals surface area contributed by atoms with Crippen molar-refractivity contribution >= 4 is 32.5 Å². The van der Waals surface area contributed by atoms with Gasteiger partial charge in [-0.05, 0) is 50.2 Å². The largest absolute Gasteiger partial charge is 0.329 e. The van der Waals surface area contributed by atoms with Crippen LogP contribution < -0.4 is 16.6 Å². The van der Waals surface area contributed by atoms with E-state index in [0.29, 0.717) is 16.6 Å². The lowest BCUT2D eigenvalue weighted by molar-refractivity contribution is -0.116. The number of aromatic amines is 1. The van der Waals surface area contributed by atoms with Crippen molar-refractivity contribution < 1.29 is 13.2 Å². The van der Waals surface area contributed by atoms with Gasteiger partial charge in [0.15, 0.2) is 0 Å². The molecular formula is C20H22N4O5S. The molecule has 0 radical (unpaired) electrons. The maximum absolute atomic E-state index is 12.5. The van der Waals surface area contributed by atoms with Gasteiger partial charge in [-0.15, -0.1) is 0 Å². The van der Waals surface area contributed by atoms with Gasteiger partial charge in [-0.2, -0.15) is 4.31 Å². The zero-order valence-corrected chi connectivity index (χ0v) is 17.6. The van der Waals surface area contributed by atoms with Gasteiger partial charge in [0.05, 0.1) is 15.8 Å². The van der Waals surface area contributed by atoms with Gasteiger partial charge in [-0.1, -0.05) is 12.1 Å². The van der Waals surface area contributed by atoms with E-state index >= 15 is 0 Å². The molecule has 0 atom stereocenters. The molecule has 0 bridgehead atoms. The van der Waals surface area contributed by atoms with Crippen LogP contribution in [0, 0.1) is 0 Å². The first-order valence-corrected chi connectivity index (χ1v) is 10.6. The zero-order chi connectivity index (χ0) is 22.1. The van der Waals surface area contributed by atoms with Crippen LogP contribution >= 0.6 is 0 Å². The number of carbonyl (C=O) groups is 1. The Morgan fingerprint density at radius 2 is 1.73 bits per heavy atom. The van der Waals surface area contributed by atoms with Crippen molar-refractivity contribution in [3.63, 3.8) is 0 Å². The van der Waals surface area contributed by atoms with Crippen LogP contribution in [0.2, 0.25) is 0 Å². The Morgan fingerprint density at radius 3 is 2.37 bits per heavy atom. The second-order valence-corrected chi connectivity index (χ2v) is 9.05. The number of hydrogen-bond donors (Lipinski definition) is 2. The van der Waals surface area contributed by atoms with Gasteiger partial charge in [-0.3, -0.25) is 14.2 Å². The predicted octanol–water partition coefficient (Wildman–Crippen LogP) is 1.36. The fourth-order valence-corrected chi connectivity index (χ4v) is 4.21. The number of nitrogens with one attached hydrogen (secondary N) is 2. The van der Waals surface area contributed by atoms with Crippen molar-refractivity contribution in [2.75, 3.05) is 12.4 Å². The molecule has 0 saturated carbocycles. The highest BCUT2D eigenvalue weighted by atomic mass is 32.2. The molecule has 30 heavy (non-hydrogen) atoms. The fourth-order valence-electron chi connectivity index (χ4n) is 2.84. The summed E-state index contributed by atoms with van der Waals surface area (Å²) in [5.41, 5.74) is -0.515. The summed E-state index contributed by atoms with van der Waals surface area (Å²) in [5, 5.41) is 2.86. The number of fused-ring (bicyclic) bond motifs is 1. The zero-order valence-electron chi connectivity index (χ0n) is 16.7. The predicted molar refractivity (Wildman–Crippen MR) is 114 cm³/mol. The molecule has 2 aromatic carbocycles. The molecule has 0 fully saturated rings. The normalized spacial score (nSPS) is 11.9. The molecule has 0 aliphatic heterocycles. The summed E-state index contributed by atoms with van der Waals surface area (Å²) >= 11 is 0. The molecule has 1 heterocycles. The molecule has 1 amide bonds. The van der Waals surface area contributed by atoms with Crippen LogP contribution in [-0.4, -0.2) is 41.3 Å². The van der Waals surface area contributed by atoms with Crippen LogP contribution in [0.4, 0.5) is 5.69 Å². The Bertz CT molecular complexity index is 1310. The number of hydrogen-bond acceptors (Lipinski definition) is 5. The van der Waals surface area contributed by atoms with Gasteiger partial charge >= 0.3 is 5.69 Å². The van der Waals surface area contributed by atoms with Crippen LogP contribution in [0.15, 0.2) is 63.0 Å². The molecule has 0 unspecified atom stereocenters. The summed E-state index contributed by atoms with van der Waals surface area (Å²) in [6.07, 6.45) is 0. The van der Waals surface area contributed by atoms with Crippen molar-refractivity contribution in [2.24, 2.45) is 0 Å². The van der Waals surface area contributed by atoms with Gasteiger partial charge in [0, 0.05) is 18.8 Å². The summed E-state index contributed by atoms with van der Waals surface area (Å²) in [4.78, 5) is 39.7. The third-order valence-electron chi connectivity index (χ3n) is 4.73.